The highest BCUT2D eigenvalue weighted by Crippen LogP contribution is 2.55. The van der Waals surface area contributed by atoms with Crippen LogP contribution in [0, 0.1) is 23.7 Å². The first-order chi connectivity index (χ1) is 11.2. The average molecular weight is 307 g/mol. The van der Waals surface area contributed by atoms with E-state index in [1.54, 1.807) is 12.1 Å². The molecule has 5 nitrogen and oxygen atoms in total. The third-order valence-electron chi connectivity index (χ3n) is 5.64. The van der Waals surface area contributed by atoms with Crippen molar-refractivity contribution in [2.75, 3.05) is 0 Å². The predicted octanol–water partition coefficient (Wildman–Crippen LogP) is 1.88. The predicted molar refractivity (Wildman–Crippen MR) is 86.5 cm³/mol. The summed E-state index contributed by atoms with van der Waals surface area (Å²) in [5.41, 5.74) is -0.0659. The summed E-state index contributed by atoms with van der Waals surface area (Å²) < 4.78 is 2.73. The molecule has 5 heteroatoms. The molecule has 0 unspecified atom stereocenters. The fourth-order valence-corrected chi connectivity index (χ4v) is 4.68. The summed E-state index contributed by atoms with van der Waals surface area (Å²) in [6.07, 6.45) is 10.1. The van der Waals surface area contributed by atoms with Gasteiger partial charge >= 0.3 is 11.4 Å². The Labute approximate surface area is 132 Å². The molecule has 3 aliphatic rings. The molecule has 1 heterocycles. The lowest BCUT2D eigenvalue weighted by Crippen LogP contribution is -2.32. The molecule has 1 aromatic carbocycles. The number of hydrogen-bond acceptors (Lipinski definition) is 2. The van der Waals surface area contributed by atoms with Crippen molar-refractivity contribution in [3.63, 3.8) is 0 Å². The molecule has 116 valence electrons. The van der Waals surface area contributed by atoms with Crippen LogP contribution in [0.15, 0.2) is 64.2 Å². The molecule has 2 bridgehead atoms. The van der Waals surface area contributed by atoms with E-state index in [0.29, 0.717) is 29.4 Å². The van der Waals surface area contributed by atoms with Gasteiger partial charge in [-0.1, -0.05) is 42.5 Å². The second kappa shape index (κ2) is 4.47. The molecule has 5 atom stereocenters. The molecule has 0 saturated heterocycles. The van der Waals surface area contributed by atoms with Crippen molar-refractivity contribution in [3.05, 3.63) is 75.6 Å². The van der Waals surface area contributed by atoms with E-state index >= 15 is 0 Å². The molecule has 2 aromatic rings. The third kappa shape index (κ3) is 1.67. The van der Waals surface area contributed by atoms with Crippen LogP contribution in [0.1, 0.15) is 12.5 Å². The van der Waals surface area contributed by atoms with Crippen molar-refractivity contribution in [1.82, 2.24) is 14.3 Å². The Bertz CT molecular complexity index is 931. The highest BCUT2D eigenvalue weighted by atomic mass is 16.2. The molecule has 0 amide bonds. The second-order valence-electron chi connectivity index (χ2n) is 6.72. The van der Waals surface area contributed by atoms with Crippen molar-refractivity contribution in [2.24, 2.45) is 23.7 Å². The van der Waals surface area contributed by atoms with E-state index in [4.69, 9.17) is 0 Å². The Morgan fingerprint density at radius 1 is 0.957 bits per heavy atom. The summed E-state index contributed by atoms with van der Waals surface area (Å²) in [6.45, 7) is 0. The zero-order valence-corrected chi connectivity index (χ0v) is 12.5. The summed E-state index contributed by atoms with van der Waals surface area (Å²) in [6, 6.07) is 9.01. The minimum absolute atomic E-state index is 0.0508. The lowest BCUT2D eigenvalue weighted by atomic mass is 9.83. The van der Waals surface area contributed by atoms with Gasteiger partial charge in [-0.3, -0.25) is 0 Å². The summed E-state index contributed by atoms with van der Waals surface area (Å²) in [5, 5.41) is 2.76. The first-order valence-electron chi connectivity index (χ1n) is 8.09. The zero-order valence-electron chi connectivity index (χ0n) is 12.5. The summed E-state index contributed by atoms with van der Waals surface area (Å²) in [7, 11) is 0. The highest BCUT2D eigenvalue weighted by molar-refractivity contribution is 5.31. The van der Waals surface area contributed by atoms with E-state index in [0.717, 1.165) is 0 Å². The van der Waals surface area contributed by atoms with Gasteiger partial charge in [0.15, 0.2) is 0 Å². The molecule has 5 rings (SSSR count). The number of nitrogens with one attached hydrogen (secondary N) is 1. The maximum absolute atomic E-state index is 12.8. The van der Waals surface area contributed by atoms with Crippen molar-refractivity contribution in [3.8, 4) is 5.69 Å². The van der Waals surface area contributed by atoms with Gasteiger partial charge in [0.25, 0.3) is 0 Å². The number of allylic oxidation sites excluding steroid dienone is 4. The minimum Gasteiger partial charge on any atom is -0.246 e. The molecule has 3 aliphatic carbocycles. The molecule has 1 fully saturated rings. The van der Waals surface area contributed by atoms with Gasteiger partial charge in [0.2, 0.25) is 0 Å². The molecule has 0 radical (unpaired) electrons. The Morgan fingerprint density at radius 2 is 1.74 bits per heavy atom. The number of fused-ring (bicyclic) bond motifs is 5. The van der Waals surface area contributed by atoms with Gasteiger partial charge in [0.1, 0.15) is 0 Å². The van der Waals surface area contributed by atoms with Gasteiger partial charge in [-0.2, -0.15) is 0 Å². The molecule has 1 N–H and O–H groups in total. The van der Waals surface area contributed by atoms with Crippen LogP contribution in [0.4, 0.5) is 0 Å². The molecule has 23 heavy (non-hydrogen) atoms. The Kier molecular flexibility index (Phi) is 2.52. The van der Waals surface area contributed by atoms with Crippen LogP contribution < -0.4 is 11.4 Å². The van der Waals surface area contributed by atoms with Crippen LogP contribution in [-0.4, -0.2) is 14.3 Å². The van der Waals surface area contributed by atoms with Gasteiger partial charge in [-0.05, 0) is 42.2 Å². The lowest BCUT2D eigenvalue weighted by molar-refractivity contribution is 0.287. The molecule has 0 spiro atoms. The Balaban J connectivity index is 1.61. The van der Waals surface area contributed by atoms with Crippen molar-refractivity contribution < 1.29 is 0 Å². The van der Waals surface area contributed by atoms with Crippen molar-refractivity contribution >= 4 is 0 Å². The molecule has 1 saturated carbocycles. The van der Waals surface area contributed by atoms with E-state index in [1.807, 2.05) is 18.2 Å². The lowest BCUT2D eigenvalue weighted by Gasteiger charge is -2.26. The maximum atomic E-state index is 12.8. The number of aromatic nitrogens is 3. The quantitative estimate of drug-likeness (QED) is 0.861. The van der Waals surface area contributed by atoms with Gasteiger partial charge < -0.3 is 0 Å². The normalized spacial score (nSPS) is 33.5. The number of rotatable bonds is 2. The fraction of sp³-hybridized carbons (Fsp3) is 0.333. The summed E-state index contributed by atoms with van der Waals surface area (Å²) in [5.74, 6) is 2.01. The minimum atomic E-state index is -0.378. The number of aromatic amines is 1. The molecular formula is C18H17N3O2. The van der Waals surface area contributed by atoms with Crippen LogP contribution in [0.3, 0.4) is 0 Å². The standard InChI is InChI=1S/C18H17N3O2/c22-17-19-21(18(23)20(17)13-4-2-1-3-5-13)15-9-8-14-11-6-7-12(10-11)16(14)15/h1-9,11-12,14-16H,10H2,(H,19,22)/t11-,12-,14+,15+,16+/m0/s1. The number of benzene rings is 1. The van der Waals surface area contributed by atoms with E-state index < -0.39 is 0 Å². The number of para-hydroxylation sites is 1. The van der Waals surface area contributed by atoms with Gasteiger partial charge in [0, 0.05) is 0 Å². The number of nitrogens with zero attached hydrogens (tertiary/aromatic N) is 2. The van der Waals surface area contributed by atoms with Crippen molar-refractivity contribution in [2.45, 2.75) is 12.5 Å². The number of H-pyrrole nitrogens is 1. The Hall–Kier alpha value is -2.56. The van der Waals surface area contributed by atoms with Crippen LogP contribution in [-0.2, 0) is 0 Å². The van der Waals surface area contributed by atoms with E-state index in [1.165, 1.54) is 15.7 Å². The first-order valence-corrected chi connectivity index (χ1v) is 8.09. The molecular weight excluding hydrogens is 290 g/mol. The smallest absolute Gasteiger partial charge is 0.246 e. The van der Waals surface area contributed by atoms with Gasteiger partial charge in [-0.25, -0.2) is 23.9 Å². The van der Waals surface area contributed by atoms with E-state index in [-0.39, 0.29) is 17.4 Å². The van der Waals surface area contributed by atoms with Gasteiger partial charge in [0.05, 0.1) is 11.7 Å². The van der Waals surface area contributed by atoms with Crippen LogP contribution in [0.2, 0.25) is 0 Å². The van der Waals surface area contributed by atoms with Crippen LogP contribution >= 0.6 is 0 Å². The number of hydrogen-bond donors (Lipinski definition) is 1. The third-order valence-corrected chi connectivity index (χ3v) is 5.64. The summed E-state index contributed by atoms with van der Waals surface area (Å²) in [4.78, 5) is 25.1. The SMILES string of the molecule is O=c1[nH]n([C@@H]2C=C[C@H]3[C@H]2[C@H]2C=C[C@H]3C2)c(=O)n1-c1ccccc1. The monoisotopic (exact) mass is 307 g/mol. The largest absolute Gasteiger partial charge is 0.352 e. The Morgan fingerprint density at radius 3 is 2.57 bits per heavy atom. The zero-order chi connectivity index (χ0) is 15.6. The maximum Gasteiger partial charge on any atom is 0.352 e. The first kappa shape index (κ1) is 12.9. The second-order valence-corrected chi connectivity index (χ2v) is 6.72. The molecule has 1 aromatic heterocycles. The van der Waals surface area contributed by atoms with Crippen LogP contribution in [0.25, 0.3) is 5.69 Å². The van der Waals surface area contributed by atoms with Crippen LogP contribution in [0.5, 0.6) is 0 Å². The van der Waals surface area contributed by atoms with Crippen molar-refractivity contribution in [1.29, 1.82) is 0 Å². The highest BCUT2D eigenvalue weighted by Gasteiger charge is 2.50. The van der Waals surface area contributed by atoms with E-state index in [9.17, 15) is 9.59 Å². The van der Waals surface area contributed by atoms with Gasteiger partial charge in [-0.15, -0.1) is 0 Å². The molecule has 0 aliphatic heterocycles. The summed E-state index contributed by atoms with van der Waals surface area (Å²) >= 11 is 0. The van der Waals surface area contributed by atoms with E-state index in [2.05, 4.69) is 29.4 Å². The topological polar surface area (TPSA) is 59.8 Å². The average Bonchev–Trinajstić information content (AvgIpc) is 3.30. The fourth-order valence-electron chi connectivity index (χ4n) is 4.68.